The van der Waals surface area contributed by atoms with Crippen LogP contribution in [0.3, 0.4) is 0 Å². The van der Waals surface area contributed by atoms with E-state index in [1.165, 1.54) is 0 Å². The van der Waals surface area contributed by atoms with E-state index < -0.39 is 0 Å². The maximum absolute atomic E-state index is 12.6. The molecule has 21 heavy (non-hydrogen) atoms. The van der Waals surface area contributed by atoms with Crippen LogP contribution in [0.15, 0.2) is 18.2 Å². The number of hydrogen-bond acceptors (Lipinski definition) is 2. The summed E-state index contributed by atoms with van der Waals surface area (Å²) in [4.78, 5) is 12.6. The second-order valence-corrected chi connectivity index (χ2v) is 5.83. The molecule has 1 aliphatic rings. The standard InChI is InChI=1S/C18H24N2O/c1-3-18(10-4-5-11-18)17(21)20-16-9-8-14(2)15(13-16)7-6-12-19/h8-9,13H,3-5,10-12,19H2,1-2H3,(H,20,21). The summed E-state index contributed by atoms with van der Waals surface area (Å²) in [6.07, 6.45) is 5.22. The van der Waals surface area contributed by atoms with Gasteiger partial charge in [-0.1, -0.05) is 37.7 Å². The van der Waals surface area contributed by atoms with Crippen molar-refractivity contribution in [1.29, 1.82) is 0 Å². The molecule has 3 heteroatoms. The van der Waals surface area contributed by atoms with Gasteiger partial charge in [-0.2, -0.15) is 0 Å². The lowest BCUT2D eigenvalue weighted by Gasteiger charge is -2.26. The molecule has 1 saturated carbocycles. The van der Waals surface area contributed by atoms with Gasteiger partial charge < -0.3 is 11.1 Å². The molecule has 1 aromatic rings. The quantitative estimate of drug-likeness (QED) is 0.837. The first-order valence-corrected chi connectivity index (χ1v) is 7.72. The molecule has 1 amide bonds. The highest BCUT2D eigenvalue weighted by molar-refractivity contribution is 5.95. The molecule has 1 fully saturated rings. The molecule has 1 aromatic carbocycles. The highest BCUT2D eigenvalue weighted by Crippen LogP contribution is 2.41. The molecule has 0 unspecified atom stereocenters. The Labute approximate surface area is 127 Å². The van der Waals surface area contributed by atoms with Gasteiger partial charge >= 0.3 is 0 Å². The van der Waals surface area contributed by atoms with Gasteiger partial charge in [-0.25, -0.2) is 0 Å². The fourth-order valence-corrected chi connectivity index (χ4v) is 3.04. The van der Waals surface area contributed by atoms with Gasteiger partial charge in [0.05, 0.1) is 6.54 Å². The summed E-state index contributed by atoms with van der Waals surface area (Å²) in [5, 5.41) is 3.08. The van der Waals surface area contributed by atoms with Crippen molar-refractivity contribution >= 4 is 11.6 Å². The van der Waals surface area contributed by atoms with Crippen LogP contribution in [0.1, 0.15) is 50.2 Å². The number of amides is 1. The van der Waals surface area contributed by atoms with E-state index in [1.54, 1.807) is 0 Å². The Balaban J connectivity index is 2.17. The third kappa shape index (κ3) is 3.46. The van der Waals surface area contributed by atoms with E-state index in [4.69, 9.17) is 5.73 Å². The van der Waals surface area contributed by atoms with Crippen LogP contribution >= 0.6 is 0 Å². The van der Waals surface area contributed by atoms with Gasteiger partial charge in [0.1, 0.15) is 0 Å². The van der Waals surface area contributed by atoms with E-state index in [0.717, 1.165) is 48.9 Å². The van der Waals surface area contributed by atoms with Crippen molar-refractivity contribution in [2.75, 3.05) is 11.9 Å². The summed E-state index contributed by atoms with van der Waals surface area (Å²) in [5.41, 5.74) is 8.10. The fourth-order valence-electron chi connectivity index (χ4n) is 3.04. The summed E-state index contributed by atoms with van der Waals surface area (Å²) < 4.78 is 0. The number of anilines is 1. The van der Waals surface area contributed by atoms with E-state index >= 15 is 0 Å². The maximum atomic E-state index is 12.6. The molecule has 0 atom stereocenters. The van der Waals surface area contributed by atoms with Gasteiger partial charge in [-0.15, -0.1) is 0 Å². The minimum atomic E-state index is -0.173. The lowest BCUT2D eigenvalue weighted by Crippen LogP contribution is -2.33. The Hall–Kier alpha value is -1.79. The average Bonchev–Trinajstić information content (AvgIpc) is 2.98. The van der Waals surface area contributed by atoms with Crippen LogP contribution in [0.4, 0.5) is 5.69 Å². The Morgan fingerprint density at radius 1 is 1.38 bits per heavy atom. The average molecular weight is 284 g/mol. The number of carbonyl (C=O) groups excluding carboxylic acids is 1. The summed E-state index contributed by atoms with van der Waals surface area (Å²) in [6.45, 7) is 4.46. The van der Waals surface area contributed by atoms with Crippen molar-refractivity contribution in [3.63, 3.8) is 0 Å². The Bertz CT molecular complexity index is 575. The van der Waals surface area contributed by atoms with Crippen LogP contribution in [-0.4, -0.2) is 12.5 Å². The Kier molecular flexibility index (Phi) is 5.03. The first-order valence-electron chi connectivity index (χ1n) is 7.72. The molecule has 0 spiro atoms. The molecule has 0 aromatic heterocycles. The smallest absolute Gasteiger partial charge is 0.230 e. The van der Waals surface area contributed by atoms with Crippen LogP contribution in [0, 0.1) is 24.2 Å². The van der Waals surface area contributed by atoms with Gasteiger partial charge in [-0.05, 0) is 43.9 Å². The first kappa shape index (κ1) is 15.6. The Morgan fingerprint density at radius 2 is 2.10 bits per heavy atom. The van der Waals surface area contributed by atoms with E-state index in [9.17, 15) is 4.79 Å². The van der Waals surface area contributed by atoms with Crippen LogP contribution in [-0.2, 0) is 4.79 Å². The summed E-state index contributed by atoms with van der Waals surface area (Å²) >= 11 is 0. The number of nitrogens with two attached hydrogens (primary N) is 1. The van der Waals surface area contributed by atoms with Crippen molar-refractivity contribution in [2.45, 2.75) is 46.0 Å². The van der Waals surface area contributed by atoms with Gasteiger partial charge in [0.25, 0.3) is 0 Å². The third-order valence-corrected chi connectivity index (χ3v) is 4.54. The normalized spacial score (nSPS) is 16.1. The van der Waals surface area contributed by atoms with Gasteiger partial charge in [0, 0.05) is 16.7 Å². The topological polar surface area (TPSA) is 55.1 Å². The lowest BCUT2D eigenvalue weighted by molar-refractivity contribution is -0.125. The minimum Gasteiger partial charge on any atom is -0.326 e. The molecule has 2 rings (SSSR count). The largest absolute Gasteiger partial charge is 0.326 e. The summed E-state index contributed by atoms with van der Waals surface area (Å²) in [5.74, 6) is 6.07. The summed E-state index contributed by atoms with van der Waals surface area (Å²) in [6, 6.07) is 5.87. The zero-order valence-electron chi connectivity index (χ0n) is 13.0. The molecule has 0 saturated heterocycles. The van der Waals surface area contributed by atoms with Crippen LogP contribution < -0.4 is 11.1 Å². The van der Waals surface area contributed by atoms with E-state index in [-0.39, 0.29) is 11.3 Å². The number of benzene rings is 1. The molecule has 0 bridgehead atoms. The molecular formula is C18H24N2O. The third-order valence-electron chi connectivity index (χ3n) is 4.54. The predicted octanol–water partition coefficient (Wildman–Crippen LogP) is 3.21. The molecule has 3 N–H and O–H groups in total. The second kappa shape index (κ2) is 6.78. The van der Waals surface area contributed by atoms with E-state index in [2.05, 4.69) is 24.1 Å². The zero-order chi connectivity index (χ0) is 15.3. The maximum Gasteiger partial charge on any atom is 0.230 e. The monoisotopic (exact) mass is 284 g/mol. The number of hydrogen-bond donors (Lipinski definition) is 2. The molecular weight excluding hydrogens is 260 g/mol. The molecule has 112 valence electrons. The molecule has 0 radical (unpaired) electrons. The fraction of sp³-hybridized carbons (Fsp3) is 0.500. The number of aryl methyl sites for hydroxylation is 1. The molecule has 0 aliphatic heterocycles. The van der Waals surface area contributed by atoms with Crippen molar-refractivity contribution < 1.29 is 4.79 Å². The number of carbonyl (C=O) groups is 1. The van der Waals surface area contributed by atoms with Gasteiger partial charge in [-0.3, -0.25) is 4.79 Å². The van der Waals surface area contributed by atoms with E-state index in [1.807, 2.05) is 25.1 Å². The summed E-state index contributed by atoms with van der Waals surface area (Å²) in [7, 11) is 0. The number of nitrogens with one attached hydrogen (secondary N) is 1. The zero-order valence-corrected chi connectivity index (χ0v) is 13.0. The van der Waals surface area contributed by atoms with Gasteiger partial charge in [0.2, 0.25) is 5.91 Å². The molecule has 1 aliphatic carbocycles. The minimum absolute atomic E-state index is 0.157. The van der Waals surface area contributed by atoms with Crippen LogP contribution in [0.2, 0.25) is 0 Å². The van der Waals surface area contributed by atoms with Crippen LogP contribution in [0.25, 0.3) is 0 Å². The predicted molar refractivity (Wildman–Crippen MR) is 86.9 cm³/mol. The van der Waals surface area contributed by atoms with Crippen molar-refractivity contribution in [2.24, 2.45) is 11.1 Å². The second-order valence-electron chi connectivity index (χ2n) is 5.83. The highest BCUT2D eigenvalue weighted by Gasteiger charge is 2.39. The van der Waals surface area contributed by atoms with Crippen LogP contribution in [0.5, 0.6) is 0 Å². The van der Waals surface area contributed by atoms with E-state index in [0.29, 0.717) is 6.54 Å². The van der Waals surface area contributed by atoms with Crippen molar-refractivity contribution in [3.05, 3.63) is 29.3 Å². The lowest BCUT2D eigenvalue weighted by atomic mass is 9.82. The van der Waals surface area contributed by atoms with Crippen molar-refractivity contribution in [1.82, 2.24) is 0 Å². The number of rotatable bonds is 3. The molecule has 3 nitrogen and oxygen atoms in total. The van der Waals surface area contributed by atoms with Gasteiger partial charge in [0.15, 0.2) is 0 Å². The molecule has 0 heterocycles. The first-order chi connectivity index (χ1) is 10.1. The Morgan fingerprint density at radius 3 is 2.71 bits per heavy atom. The van der Waals surface area contributed by atoms with Crippen molar-refractivity contribution in [3.8, 4) is 11.8 Å². The SMILES string of the molecule is CCC1(C(=O)Nc2ccc(C)c(C#CCN)c2)CCCC1. The highest BCUT2D eigenvalue weighted by atomic mass is 16.2.